The maximum atomic E-state index is 11.8. The van der Waals surface area contributed by atoms with E-state index in [1.54, 1.807) is 0 Å². The van der Waals surface area contributed by atoms with Crippen molar-refractivity contribution in [1.29, 1.82) is 0 Å². The first-order valence-corrected chi connectivity index (χ1v) is 6.70. The first-order valence-electron chi connectivity index (χ1n) is 6.70. The molecule has 0 bridgehead atoms. The minimum Gasteiger partial charge on any atom is -1.00 e. The van der Waals surface area contributed by atoms with Gasteiger partial charge in [-0.1, -0.05) is 43.8 Å². The van der Waals surface area contributed by atoms with Crippen LogP contribution >= 0.6 is 0 Å². The van der Waals surface area contributed by atoms with Crippen LogP contribution < -0.4 is 17.7 Å². The number of nitrogens with zero attached hydrogens (tertiary/aromatic N) is 1. The molecule has 1 amide bonds. The third-order valence-electron chi connectivity index (χ3n) is 3.88. The van der Waals surface area contributed by atoms with Crippen molar-refractivity contribution in [3.8, 4) is 0 Å². The smallest absolute Gasteiger partial charge is 0.248 e. The molecular weight excluding hydrogens is 272 g/mol. The largest absolute Gasteiger partial charge is 1.00 e. The van der Waals surface area contributed by atoms with Crippen molar-refractivity contribution in [3.63, 3.8) is 0 Å². The van der Waals surface area contributed by atoms with E-state index < -0.39 is 5.66 Å². The lowest BCUT2D eigenvalue weighted by molar-refractivity contribution is -0.950. The maximum absolute atomic E-state index is 11.8. The molecule has 1 rings (SSSR count). The van der Waals surface area contributed by atoms with Crippen LogP contribution in [0.1, 0.15) is 25.8 Å². The molecule has 1 aromatic rings. The van der Waals surface area contributed by atoms with Crippen LogP contribution in [0.15, 0.2) is 43.0 Å². The molecule has 3 nitrogen and oxygen atoms in total. The van der Waals surface area contributed by atoms with Gasteiger partial charge in [0.2, 0.25) is 5.91 Å². The molecule has 4 heteroatoms. The van der Waals surface area contributed by atoms with E-state index >= 15 is 0 Å². The molecule has 0 aliphatic carbocycles. The van der Waals surface area contributed by atoms with Crippen LogP contribution in [-0.2, 0) is 10.5 Å². The number of halogens is 1. The van der Waals surface area contributed by atoms with Gasteiger partial charge in [0.15, 0.2) is 5.66 Å². The fourth-order valence-electron chi connectivity index (χ4n) is 2.41. The highest BCUT2D eigenvalue weighted by Gasteiger charge is 2.43. The van der Waals surface area contributed by atoms with Crippen LogP contribution in [0, 0.1) is 0 Å². The monoisotopic (exact) mass is 296 g/mol. The van der Waals surface area contributed by atoms with Gasteiger partial charge < -0.3 is 16.9 Å². The molecule has 20 heavy (non-hydrogen) atoms. The zero-order valence-corrected chi connectivity index (χ0v) is 13.6. The summed E-state index contributed by atoms with van der Waals surface area (Å²) < 4.78 is 0.688. The Kier molecular flexibility index (Phi) is 6.97. The highest BCUT2D eigenvalue weighted by atomic mass is 35.5. The number of hydrogen-bond donors (Lipinski definition) is 1. The Morgan fingerprint density at radius 1 is 1.35 bits per heavy atom. The zero-order chi connectivity index (χ0) is 14.5. The second kappa shape index (κ2) is 7.46. The lowest BCUT2D eigenvalue weighted by Gasteiger charge is -2.46. The van der Waals surface area contributed by atoms with Crippen LogP contribution in [0.4, 0.5) is 0 Å². The van der Waals surface area contributed by atoms with Crippen LogP contribution in [0.2, 0.25) is 0 Å². The Balaban J connectivity index is 0.00000361. The summed E-state index contributed by atoms with van der Waals surface area (Å²) >= 11 is 0. The Hall–Kier alpha value is -1.32. The number of carbonyl (C=O) groups excluding carboxylic acids is 1. The van der Waals surface area contributed by atoms with Gasteiger partial charge in [0, 0.05) is 12.5 Å². The summed E-state index contributed by atoms with van der Waals surface area (Å²) in [5, 5.41) is 3.10. The zero-order valence-electron chi connectivity index (χ0n) is 12.8. The van der Waals surface area contributed by atoms with Crippen molar-refractivity contribution in [2.75, 3.05) is 20.6 Å². The fraction of sp³-hybridized carbons (Fsp3) is 0.438. The molecular formula is C16H25ClN2O. The van der Waals surface area contributed by atoms with E-state index in [4.69, 9.17) is 0 Å². The molecule has 112 valence electrons. The predicted octanol–water partition coefficient (Wildman–Crippen LogP) is -0.348. The van der Waals surface area contributed by atoms with Crippen LogP contribution in [0.25, 0.3) is 0 Å². The first-order chi connectivity index (χ1) is 8.87. The minimum absolute atomic E-state index is 0. The quantitative estimate of drug-likeness (QED) is 0.434. The Bertz CT molecular complexity index is 445. The number of quaternary nitrogens is 1. The normalized spacial score (nSPS) is 13.8. The number of rotatable bonds is 6. The topological polar surface area (TPSA) is 29.1 Å². The fourth-order valence-corrected chi connectivity index (χ4v) is 2.41. The average molecular weight is 297 g/mol. The molecule has 0 aliphatic rings. The molecule has 1 aromatic carbocycles. The Morgan fingerprint density at radius 3 is 2.35 bits per heavy atom. The number of hydrogen-bond acceptors (Lipinski definition) is 1. The summed E-state index contributed by atoms with van der Waals surface area (Å²) in [4.78, 5) is 11.8. The van der Waals surface area contributed by atoms with E-state index in [1.165, 1.54) is 6.08 Å². The van der Waals surface area contributed by atoms with Crippen molar-refractivity contribution < 1.29 is 21.7 Å². The molecule has 0 saturated heterocycles. The molecule has 0 heterocycles. The molecule has 0 fully saturated rings. The number of amides is 1. The molecule has 1 N–H and O–H groups in total. The summed E-state index contributed by atoms with van der Waals surface area (Å²) in [7, 11) is 4.28. The summed E-state index contributed by atoms with van der Waals surface area (Å²) in [6, 6.07) is 10.1. The Morgan fingerprint density at radius 2 is 1.90 bits per heavy atom. The van der Waals surface area contributed by atoms with E-state index in [0.717, 1.165) is 18.5 Å². The van der Waals surface area contributed by atoms with E-state index in [0.29, 0.717) is 4.48 Å². The number of benzene rings is 1. The van der Waals surface area contributed by atoms with Crippen molar-refractivity contribution in [2.24, 2.45) is 0 Å². The summed E-state index contributed by atoms with van der Waals surface area (Å²) in [5.41, 5.74) is 0.631. The van der Waals surface area contributed by atoms with Gasteiger partial charge >= 0.3 is 0 Å². The van der Waals surface area contributed by atoms with E-state index in [1.807, 2.05) is 18.2 Å². The SMILES string of the molecule is C=CC(=O)NC(C)(c1ccccc1)[N+](C)(C)CCC.[Cl-]. The van der Waals surface area contributed by atoms with E-state index in [-0.39, 0.29) is 18.3 Å². The third-order valence-corrected chi connectivity index (χ3v) is 3.88. The van der Waals surface area contributed by atoms with E-state index in [9.17, 15) is 4.79 Å². The van der Waals surface area contributed by atoms with Gasteiger partial charge in [0.1, 0.15) is 0 Å². The summed E-state index contributed by atoms with van der Waals surface area (Å²) in [6.07, 6.45) is 2.38. The Labute approximate surface area is 128 Å². The lowest BCUT2D eigenvalue weighted by Crippen LogP contribution is -3.00. The highest BCUT2D eigenvalue weighted by molar-refractivity contribution is 5.87. The van der Waals surface area contributed by atoms with Gasteiger partial charge in [-0.2, -0.15) is 0 Å². The molecule has 0 aromatic heterocycles. The lowest BCUT2D eigenvalue weighted by atomic mass is 9.96. The second-order valence-corrected chi connectivity index (χ2v) is 5.54. The highest BCUT2D eigenvalue weighted by Crippen LogP contribution is 2.30. The number of carbonyl (C=O) groups is 1. The van der Waals surface area contributed by atoms with Crippen molar-refractivity contribution in [2.45, 2.75) is 25.9 Å². The molecule has 0 spiro atoms. The van der Waals surface area contributed by atoms with Crippen LogP contribution in [0.5, 0.6) is 0 Å². The molecule has 1 atom stereocenters. The molecule has 0 radical (unpaired) electrons. The van der Waals surface area contributed by atoms with Crippen LogP contribution in [-0.4, -0.2) is 31.0 Å². The average Bonchev–Trinajstić information content (AvgIpc) is 2.39. The number of nitrogens with one attached hydrogen (secondary N) is 1. The summed E-state index contributed by atoms with van der Waals surface area (Å²) in [5.74, 6) is -0.145. The van der Waals surface area contributed by atoms with Crippen molar-refractivity contribution in [3.05, 3.63) is 48.6 Å². The minimum atomic E-state index is -0.470. The van der Waals surface area contributed by atoms with Gasteiger partial charge in [-0.15, -0.1) is 0 Å². The molecule has 0 aliphatic heterocycles. The van der Waals surface area contributed by atoms with Gasteiger partial charge in [-0.05, 0) is 12.5 Å². The maximum Gasteiger partial charge on any atom is 0.248 e. The van der Waals surface area contributed by atoms with Crippen LogP contribution in [0.3, 0.4) is 0 Å². The standard InChI is InChI=1S/C16H24N2O.ClH/c1-6-13-18(4,5)16(3,17-15(19)7-2)14-11-9-8-10-12-14;/h7-12H,2,6,13H2,1,3-5H3;1H. The second-order valence-electron chi connectivity index (χ2n) is 5.54. The molecule has 1 unspecified atom stereocenters. The van der Waals surface area contributed by atoms with Crippen molar-refractivity contribution >= 4 is 5.91 Å². The van der Waals surface area contributed by atoms with Gasteiger partial charge in [0.05, 0.1) is 20.6 Å². The van der Waals surface area contributed by atoms with Gasteiger partial charge in [-0.25, -0.2) is 0 Å². The van der Waals surface area contributed by atoms with Crippen molar-refractivity contribution in [1.82, 2.24) is 5.32 Å². The summed E-state index contributed by atoms with van der Waals surface area (Å²) in [6.45, 7) is 8.74. The van der Waals surface area contributed by atoms with Gasteiger partial charge in [-0.3, -0.25) is 10.1 Å². The van der Waals surface area contributed by atoms with E-state index in [2.05, 4.69) is 52.0 Å². The molecule has 0 saturated carbocycles. The van der Waals surface area contributed by atoms with Gasteiger partial charge in [0.25, 0.3) is 0 Å². The predicted molar refractivity (Wildman–Crippen MR) is 79.4 cm³/mol. The third kappa shape index (κ3) is 3.84. The first kappa shape index (κ1) is 18.7.